The standard InChI is InChI=1S/C11H5F6NO3S/c12-10(13,14)8-2-1-6-4-9(18-5-7(6)3-8)21-22(19,20)11(15,16)17/h1-5H. The summed E-state index contributed by atoms with van der Waals surface area (Å²) in [6.45, 7) is 0. The zero-order valence-corrected chi connectivity index (χ0v) is 11.1. The molecule has 0 aliphatic carbocycles. The van der Waals surface area contributed by atoms with Crippen LogP contribution in [0.2, 0.25) is 0 Å². The fourth-order valence-corrected chi connectivity index (χ4v) is 1.91. The van der Waals surface area contributed by atoms with Crippen molar-refractivity contribution >= 4 is 20.9 Å². The molecule has 0 fully saturated rings. The number of hydrogen-bond donors (Lipinski definition) is 0. The van der Waals surface area contributed by atoms with E-state index in [9.17, 15) is 34.8 Å². The summed E-state index contributed by atoms with van der Waals surface area (Å²) in [5, 5.41) is 0.00181. The Morgan fingerprint density at radius 2 is 1.59 bits per heavy atom. The van der Waals surface area contributed by atoms with Crippen LogP contribution in [-0.2, 0) is 16.3 Å². The average Bonchev–Trinajstić information content (AvgIpc) is 2.35. The fourth-order valence-electron chi connectivity index (χ4n) is 1.50. The van der Waals surface area contributed by atoms with Crippen molar-refractivity contribution in [1.82, 2.24) is 4.98 Å². The second-order valence-electron chi connectivity index (χ2n) is 4.07. The molecule has 0 saturated carbocycles. The number of halogens is 6. The normalized spacial score (nSPS) is 13.4. The lowest BCUT2D eigenvalue weighted by Crippen LogP contribution is -2.28. The molecule has 0 spiro atoms. The van der Waals surface area contributed by atoms with Crippen LogP contribution in [0.1, 0.15) is 5.56 Å². The zero-order valence-electron chi connectivity index (χ0n) is 10.2. The van der Waals surface area contributed by atoms with Gasteiger partial charge < -0.3 is 4.18 Å². The molecule has 4 nitrogen and oxygen atoms in total. The van der Waals surface area contributed by atoms with Gasteiger partial charge in [-0.05, 0) is 17.5 Å². The van der Waals surface area contributed by atoms with E-state index < -0.39 is 33.2 Å². The minimum Gasteiger partial charge on any atom is -0.355 e. The van der Waals surface area contributed by atoms with Gasteiger partial charge in [0.1, 0.15) is 0 Å². The van der Waals surface area contributed by atoms with Crippen LogP contribution >= 0.6 is 0 Å². The van der Waals surface area contributed by atoms with Crippen LogP contribution in [0.5, 0.6) is 5.88 Å². The summed E-state index contributed by atoms with van der Waals surface area (Å²) in [5.41, 5.74) is -6.61. The van der Waals surface area contributed by atoms with Gasteiger partial charge in [-0.25, -0.2) is 4.98 Å². The fraction of sp³-hybridized carbons (Fsp3) is 0.182. The van der Waals surface area contributed by atoms with E-state index in [1.165, 1.54) is 0 Å². The maximum Gasteiger partial charge on any atom is 0.534 e. The van der Waals surface area contributed by atoms with Gasteiger partial charge in [0, 0.05) is 17.6 Å². The first-order valence-electron chi connectivity index (χ1n) is 5.38. The van der Waals surface area contributed by atoms with Crippen molar-refractivity contribution in [3.8, 4) is 5.88 Å². The molecular weight excluding hydrogens is 340 g/mol. The number of hydrogen-bond acceptors (Lipinski definition) is 4. The molecule has 11 heteroatoms. The first kappa shape index (κ1) is 16.3. The third kappa shape index (κ3) is 3.24. The highest BCUT2D eigenvalue weighted by Crippen LogP contribution is 2.32. The number of fused-ring (bicyclic) bond motifs is 1. The number of nitrogens with zero attached hydrogens (tertiary/aromatic N) is 1. The van der Waals surface area contributed by atoms with Crippen molar-refractivity contribution in [2.24, 2.45) is 0 Å². The summed E-state index contributed by atoms with van der Waals surface area (Å²) in [6.07, 6.45) is -3.81. The molecule has 2 rings (SSSR count). The molecule has 0 amide bonds. The summed E-state index contributed by atoms with van der Waals surface area (Å²) in [7, 11) is -5.89. The van der Waals surface area contributed by atoms with Gasteiger partial charge in [0.05, 0.1) is 5.56 Å². The van der Waals surface area contributed by atoms with Gasteiger partial charge in [-0.3, -0.25) is 0 Å². The summed E-state index contributed by atoms with van der Waals surface area (Å²) in [5.74, 6) is -0.899. The number of benzene rings is 1. The summed E-state index contributed by atoms with van der Waals surface area (Å²) >= 11 is 0. The van der Waals surface area contributed by atoms with E-state index >= 15 is 0 Å². The maximum atomic E-state index is 12.5. The number of rotatable bonds is 2. The van der Waals surface area contributed by atoms with Crippen molar-refractivity contribution < 1.29 is 38.9 Å². The Kier molecular flexibility index (Phi) is 3.71. The van der Waals surface area contributed by atoms with Crippen LogP contribution in [0.4, 0.5) is 26.3 Å². The molecule has 0 aliphatic heterocycles. The lowest BCUT2D eigenvalue weighted by molar-refractivity contribution is -0.137. The lowest BCUT2D eigenvalue weighted by atomic mass is 10.1. The zero-order chi connectivity index (χ0) is 16.8. The Labute approximate surface area is 119 Å². The van der Waals surface area contributed by atoms with Gasteiger partial charge in [0.2, 0.25) is 5.88 Å². The smallest absolute Gasteiger partial charge is 0.355 e. The van der Waals surface area contributed by atoms with Gasteiger partial charge in [0.15, 0.2) is 0 Å². The highest BCUT2D eigenvalue weighted by Gasteiger charge is 2.48. The van der Waals surface area contributed by atoms with E-state index in [4.69, 9.17) is 0 Å². The molecule has 1 aromatic carbocycles. The van der Waals surface area contributed by atoms with E-state index in [0.29, 0.717) is 6.07 Å². The van der Waals surface area contributed by atoms with Crippen LogP contribution in [0.15, 0.2) is 30.5 Å². The Balaban J connectivity index is 2.41. The Bertz CT molecular complexity index is 813. The third-order valence-electron chi connectivity index (χ3n) is 2.50. The molecule has 0 radical (unpaired) electrons. The lowest BCUT2D eigenvalue weighted by Gasteiger charge is -2.10. The van der Waals surface area contributed by atoms with Gasteiger partial charge in [0.25, 0.3) is 0 Å². The molecule has 0 bridgehead atoms. The van der Waals surface area contributed by atoms with Gasteiger partial charge in [-0.1, -0.05) is 6.07 Å². The molecule has 0 atom stereocenters. The molecule has 0 N–H and O–H groups in total. The Morgan fingerprint density at radius 1 is 0.955 bits per heavy atom. The van der Waals surface area contributed by atoms with E-state index in [1.54, 1.807) is 0 Å². The highest BCUT2D eigenvalue weighted by molar-refractivity contribution is 7.87. The van der Waals surface area contributed by atoms with Crippen molar-refractivity contribution in [1.29, 1.82) is 0 Å². The van der Waals surface area contributed by atoms with E-state index in [0.717, 1.165) is 24.4 Å². The van der Waals surface area contributed by atoms with Gasteiger partial charge in [-0.15, -0.1) is 0 Å². The van der Waals surface area contributed by atoms with Crippen LogP contribution < -0.4 is 4.18 Å². The van der Waals surface area contributed by atoms with Crippen molar-refractivity contribution in [2.75, 3.05) is 0 Å². The maximum absolute atomic E-state index is 12.5. The number of alkyl halides is 6. The first-order valence-corrected chi connectivity index (χ1v) is 6.79. The first-order chi connectivity index (χ1) is 9.90. The van der Waals surface area contributed by atoms with Crippen molar-refractivity contribution in [3.05, 3.63) is 36.0 Å². The predicted molar refractivity (Wildman–Crippen MR) is 62.3 cm³/mol. The second-order valence-corrected chi connectivity index (χ2v) is 5.60. The van der Waals surface area contributed by atoms with Crippen LogP contribution in [0.3, 0.4) is 0 Å². The molecule has 1 heterocycles. The molecule has 22 heavy (non-hydrogen) atoms. The van der Waals surface area contributed by atoms with E-state index in [1.807, 2.05) is 0 Å². The summed E-state index contributed by atoms with van der Waals surface area (Å²) in [6, 6.07) is 3.18. The Morgan fingerprint density at radius 3 is 2.14 bits per heavy atom. The quantitative estimate of drug-likeness (QED) is 0.475. The van der Waals surface area contributed by atoms with Crippen LogP contribution in [0.25, 0.3) is 10.8 Å². The molecule has 120 valence electrons. The Hall–Kier alpha value is -2.04. The SMILES string of the molecule is O=S(=O)(Oc1cc2ccc(C(F)(F)F)cc2cn1)C(F)(F)F. The van der Waals surface area contributed by atoms with Crippen LogP contribution in [0, 0.1) is 0 Å². The molecular formula is C11H5F6NO3S. The van der Waals surface area contributed by atoms with Crippen molar-refractivity contribution in [2.45, 2.75) is 11.7 Å². The summed E-state index contributed by atoms with van der Waals surface area (Å²) in [4.78, 5) is 3.26. The second kappa shape index (κ2) is 5.00. The summed E-state index contributed by atoms with van der Waals surface area (Å²) < 4.78 is 99.4. The molecule has 0 aliphatic rings. The number of pyridine rings is 1. The third-order valence-corrected chi connectivity index (χ3v) is 3.46. The molecule has 0 unspecified atom stereocenters. The van der Waals surface area contributed by atoms with Crippen molar-refractivity contribution in [3.63, 3.8) is 0 Å². The molecule has 1 aromatic heterocycles. The monoisotopic (exact) mass is 345 g/mol. The molecule has 2 aromatic rings. The van der Waals surface area contributed by atoms with Gasteiger partial charge in [-0.2, -0.15) is 34.8 Å². The predicted octanol–water partition coefficient (Wildman–Crippen LogP) is 3.48. The highest BCUT2D eigenvalue weighted by atomic mass is 32.2. The largest absolute Gasteiger partial charge is 0.534 e. The van der Waals surface area contributed by atoms with Gasteiger partial charge >= 0.3 is 21.8 Å². The van der Waals surface area contributed by atoms with E-state index in [2.05, 4.69) is 9.17 Å². The number of aromatic nitrogens is 1. The van der Waals surface area contributed by atoms with Crippen LogP contribution in [-0.4, -0.2) is 18.9 Å². The molecule has 0 saturated heterocycles. The minimum absolute atomic E-state index is 0.0356. The minimum atomic E-state index is -5.89. The van der Waals surface area contributed by atoms with E-state index in [-0.39, 0.29) is 10.8 Å². The average molecular weight is 345 g/mol. The topological polar surface area (TPSA) is 56.3 Å².